The summed E-state index contributed by atoms with van der Waals surface area (Å²) in [5, 5.41) is 0. The first-order chi connectivity index (χ1) is 14.3. The van der Waals surface area contributed by atoms with Gasteiger partial charge in [0, 0.05) is 12.8 Å². The molecule has 1 unspecified atom stereocenters. The number of unbranched alkanes of at least 4 members (excludes halogenated alkanes) is 14. The smallest absolute Gasteiger partial charge is 0.268 e. The number of rotatable bonds is 19. The highest BCUT2D eigenvalue weighted by Crippen LogP contribution is 2.42. The van der Waals surface area contributed by atoms with Crippen molar-refractivity contribution in [1.82, 2.24) is 0 Å². The minimum absolute atomic E-state index is 0.208. The highest BCUT2D eigenvalue weighted by molar-refractivity contribution is 7.45. The van der Waals surface area contributed by atoms with Gasteiger partial charge in [-0.05, 0) is 6.42 Å². The molecule has 30 heavy (non-hydrogen) atoms. The largest absolute Gasteiger partial charge is 0.756 e. The summed E-state index contributed by atoms with van der Waals surface area (Å²) in [4.78, 5) is 12.0. The molecule has 6 heteroatoms. The van der Waals surface area contributed by atoms with Crippen LogP contribution in [0, 0.1) is 0 Å². The number of nitrogens with zero attached hydrogens (tertiary/aromatic N) is 1. The summed E-state index contributed by atoms with van der Waals surface area (Å²) in [6, 6.07) is 0. The van der Waals surface area contributed by atoms with Crippen LogP contribution in [0.3, 0.4) is 0 Å². The summed E-state index contributed by atoms with van der Waals surface area (Å²) in [7, 11) is 0.185. The SMILES string of the molecule is CCCCCCCCCCCCCCCCCOP(=O)([O-])OC1CC[N+](C)(C)CC1. The summed E-state index contributed by atoms with van der Waals surface area (Å²) in [6.45, 7) is 4.42. The van der Waals surface area contributed by atoms with E-state index in [1.54, 1.807) is 0 Å². The minimum Gasteiger partial charge on any atom is -0.756 e. The van der Waals surface area contributed by atoms with Gasteiger partial charge in [-0.3, -0.25) is 4.57 Å². The van der Waals surface area contributed by atoms with Gasteiger partial charge in [0.15, 0.2) is 0 Å². The molecule has 1 saturated heterocycles. The van der Waals surface area contributed by atoms with E-state index in [2.05, 4.69) is 21.0 Å². The predicted octanol–water partition coefficient (Wildman–Crippen LogP) is 6.60. The number of piperidine rings is 1. The molecule has 1 rings (SSSR count). The van der Waals surface area contributed by atoms with E-state index >= 15 is 0 Å². The summed E-state index contributed by atoms with van der Waals surface area (Å²) in [5.74, 6) is 0. The van der Waals surface area contributed by atoms with E-state index in [0.717, 1.165) is 43.3 Å². The first kappa shape index (κ1) is 28.1. The maximum absolute atomic E-state index is 12.0. The molecule has 0 aliphatic carbocycles. The van der Waals surface area contributed by atoms with Crippen molar-refractivity contribution in [3.05, 3.63) is 0 Å². The number of phosphoric acid groups is 1. The minimum atomic E-state index is -4.15. The zero-order valence-electron chi connectivity index (χ0n) is 20.2. The molecular formula is C24H50NO4P. The second-order valence-electron chi connectivity index (χ2n) is 9.92. The van der Waals surface area contributed by atoms with Crippen molar-refractivity contribution >= 4 is 7.82 Å². The van der Waals surface area contributed by atoms with Crippen LogP contribution in [0.15, 0.2) is 0 Å². The Bertz CT molecular complexity index is 448. The van der Waals surface area contributed by atoms with Crippen LogP contribution >= 0.6 is 7.82 Å². The number of hydrogen-bond donors (Lipinski definition) is 0. The van der Waals surface area contributed by atoms with E-state index < -0.39 is 7.82 Å². The van der Waals surface area contributed by atoms with Gasteiger partial charge >= 0.3 is 0 Å². The fraction of sp³-hybridized carbons (Fsp3) is 1.00. The fourth-order valence-electron chi connectivity index (χ4n) is 4.21. The van der Waals surface area contributed by atoms with Gasteiger partial charge in [0.1, 0.15) is 0 Å². The van der Waals surface area contributed by atoms with Crippen molar-refractivity contribution in [3.63, 3.8) is 0 Å². The Kier molecular flexibility index (Phi) is 15.6. The molecular weight excluding hydrogens is 397 g/mol. The topological polar surface area (TPSA) is 58.6 Å². The molecule has 0 aromatic carbocycles. The van der Waals surface area contributed by atoms with Crippen LogP contribution in [0.1, 0.15) is 116 Å². The highest BCUT2D eigenvalue weighted by atomic mass is 31.2. The molecule has 1 heterocycles. The van der Waals surface area contributed by atoms with Gasteiger partial charge in [-0.1, -0.05) is 96.8 Å². The Labute approximate surface area is 187 Å². The maximum Gasteiger partial charge on any atom is 0.268 e. The summed E-state index contributed by atoms with van der Waals surface area (Å²) in [5.41, 5.74) is 0. The van der Waals surface area contributed by atoms with Gasteiger partial charge in [0.05, 0.1) is 39.9 Å². The van der Waals surface area contributed by atoms with Crippen LogP contribution in [0.4, 0.5) is 0 Å². The third-order valence-corrected chi connectivity index (χ3v) is 7.44. The Morgan fingerprint density at radius 3 is 1.60 bits per heavy atom. The van der Waals surface area contributed by atoms with Gasteiger partial charge < -0.3 is 18.4 Å². The van der Waals surface area contributed by atoms with Crippen molar-refractivity contribution < 1.29 is 23.0 Å². The Morgan fingerprint density at radius 2 is 1.17 bits per heavy atom. The second kappa shape index (κ2) is 16.7. The Balaban J connectivity index is 1.85. The molecule has 0 amide bonds. The molecule has 0 radical (unpaired) electrons. The van der Waals surface area contributed by atoms with E-state index in [4.69, 9.17) is 9.05 Å². The second-order valence-corrected chi connectivity index (χ2v) is 11.3. The lowest BCUT2D eigenvalue weighted by Crippen LogP contribution is -2.48. The normalized spacial score (nSPS) is 19.1. The van der Waals surface area contributed by atoms with Crippen LogP contribution in [-0.2, 0) is 13.6 Å². The first-order valence-corrected chi connectivity index (χ1v) is 14.3. The van der Waals surface area contributed by atoms with Crippen molar-refractivity contribution in [2.75, 3.05) is 33.8 Å². The quantitative estimate of drug-likeness (QED) is 0.127. The summed E-state index contributed by atoms with van der Waals surface area (Å²) in [6.07, 6.45) is 20.8. The third-order valence-electron chi connectivity index (χ3n) is 6.39. The zero-order chi connectivity index (χ0) is 22.1. The molecule has 1 aliphatic heterocycles. The van der Waals surface area contributed by atoms with Crippen LogP contribution in [-0.4, -0.2) is 44.4 Å². The van der Waals surface area contributed by atoms with E-state index in [1.807, 2.05) is 0 Å². The fourth-order valence-corrected chi connectivity index (χ4v) is 5.20. The monoisotopic (exact) mass is 447 g/mol. The van der Waals surface area contributed by atoms with Crippen LogP contribution in [0.5, 0.6) is 0 Å². The molecule has 0 spiro atoms. The average Bonchev–Trinajstić information content (AvgIpc) is 2.69. The van der Waals surface area contributed by atoms with Crippen LogP contribution in [0.25, 0.3) is 0 Å². The molecule has 180 valence electrons. The van der Waals surface area contributed by atoms with E-state index in [9.17, 15) is 9.46 Å². The highest BCUT2D eigenvalue weighted by Gasteiger charge is 2.29. The van der Waals surface area contributed by atoms with Gasteiger partial charge in [-0.2, -0.15) is 0 Å². The molecule has 0 bridgehead atoms. The van der Waals surface area contributed by atoms with Gasteiger partial charge in [0.2, 0.25) is 0 Å². The van der Waals surface area contributed by atoms with Gasteiger partial charge in [-0.25, -0.2) is 0 Å². The lowest BCUT2D eigenvalue weighted by atomic mass is 10.0. The molecule has 1 fully saturated rings. The molecule has 0 N–H and O–H groups in total. The van der Waals surface area contributed by atoms with Crippen molar-refractivity contribution in [2.24, 2.45) is 0 Å². The molecule has 1 aliphatic rings. The standard InChI is InChI=1S/C24H50NO4P/c1-4-5-6-7-8-9-10-11-12-13-14-15-16-17-18-23-28-30(26,27)29-24-19-21-25(2,3)22-20-24/h24H,4-23H2,1-3H3. The van der Waals surface area contributed by atoms with Crippen molar-refractivity contribution in [1.29, 1.82) is 0 Å². The van der Waals surface area contributed by atoms with Crippen molar-refractivity contribution in [2.45, 2.75) is 122 Å². The maximum atomic E-state index is 12.0. The lowest BCUT2D eigenvalue weighted by Gasteiger charge is -2.38. The number of hydrogen-bond acceptors (Lipinski definition) is 4. The predicted molar refractivity (Wildman–Crippen MR) is 124 cm³/mol. The number of likely N-dealkylation sites (tertiary alicyclic amines) is 1. The van der Waals surface area contributed by atoms with Crippen LogP contribution < -0.4 is 4.89 Å². The van der Waals surface area contributed by atoms with Gasteiger partial charge in [0.25, 0.3) is 7.82 Å². The molecule has 0 aromatic rings. The first-order valence-electron chi connectivity index (χ1n) is 12.8. The number of quaternary nitrogens is 1. The molecule has 0 saturated carbocycles. The Morgan fingerprint density at radius 1 is 0.767 bits per heavy atom. The number of phosphoric ester groups is 1. The summed E-state index contributed by atoms with van der Waals surface area (Å²) < 4.78 is 23.3. The van der Waals surface area contributed by atoms with Crippen LogP contribution in [0.2, 0.25) is 0 Å². The molecule has 5 nitrogen and oxygen atoms in total. The van der Waals surface area contributed by atoms with E-state index in [1.165, 1.54) is 83.5 Å². The third kappa shape index (κ3) is 15.8. The molecule has 1 atom stereocenters. The summed E-state index contributed by atoms with van der Waals surface area (Å²) >= 11 is 0. The van der Waals surface area contributed by atoms with Crippen molar-refractivity contribution in [3.8, 4) is 0 Å². The Hall–Kier alpha value is 0.0700. The molecule has 0 aromatic heterocycles. The van der Waals surface area contributed by atoms with E-state index in [-0.39, 0.29) is 12.7 Å². The van der Waals surface area contributed by atoms with Gasteiger partial charge in [-0.15, -0.1) is 0 Å². The van der Waals surface area contributed by atoms with E-state index in [0.29, 0.717) is 0 Å². The zero-order valence-corrected chi connectivity index (χ0v) is 21.1. The lowest BCUT2D eigenvalue weighted by molar-refractivity contribution is -0.896. The average molecular weight is 448 g/mol.